The number of nitro groups is 1. The van der Waals surface area contributed by atoms with E-state index >= 15 is 0 Å². The van der Waals surface area contributed by atoms with Crippen molar-refractivity contribution in [2.24, 2.45) is 4.99 Å². The largest absolute Gasteiger partial charge is 0.463 e. The zero-order chi connectivity index (χ0) is 28.8. The molecular weight excluding hydrogens is 550 g/mol. The number of ether oxygens (including phenoxy) is 3. The molecule has 4 aromatic rings. The molecule has 0 bridgehead atoms. The van der Waals surface area contributed by atoms with Crippen molar-refractivity contribution in [2.45, 2.75) is 26.8 Å². The summed E-state index contributed by atoms with van der Waals surface area (Å²) in [6.07, 6.45) is 1.62. The summed E-state index contributed by atoms with van der Waals surface area (Å²) in [4.78, 5) is 42.6. The number of carbonyl (C=O) groups is 1. The summed E-state index contributed by atoms with van der Waals surface area (Å²) in [7, 11) is 0. The number of non-ortho nitro benzene ring substituents is 1. The Morgan fingerprint density at radius 1 is 1.17 bits per heavy atom. The second kappa shape index (κ2) is 10.2. The molecule has 0 aliphatic carbocycles. The summed E-state index contributed by atoms with van der Waals surface area (Å²) < 4.78 is 24.2. The molecule has 2 aliphatic heterocycles. The van der Waals surface area contributed by atoms with Crippen molar-refractivity contribution >= 4 is 29.1 Å². The van der Waals surface area contributed by atoms with Crippen molar-refractivity contribution in [3.63, 3.8) is 0 Å². The lowest BCUT2D eigenvalue weighted by Gasteiger charge is -2.24. The van der Waals surface area contributed by atoms with E-state index in [9.17, 15) is 19.7 Å². The first-order valence-corrected chi connectivity index (χ1v) is 13.5. The molecule has 2 aromatic carbocycles. The first-order chi connectivity index (χ1) is 19.7. The summed E-state index contributed by atoms with van der Waals surface area (Å²) >= 11 is 1.18. The molecule has 0 N–H and O–H groups in total. The molecule has 6 rings (SSSR count). The lowest BCUT2D eigenvalue weighted by atomic mass is 9.95. The highest BCUT2D eigenvalue weighted by atomic mass is 32.1. The van der Waals surface area contributed by atoms with Gasteiger partial charge in [-0.15, -0.1) is 0 Å². The van der Waals surface area contributed by atoms with Crippen LogP contribution >= 0.6 is 11.3 Å². The van der Waals surface area contributed by atoms with Gasteiger partial charge in [-0.25, -0.2) is 9.79 Å². The minimum atomic E-state index is -0.795. The molecule has 208 valence electrons. The molecule has 2 aliphatic rings. The Morgan fingerprint density at radius 3 is 2.73 bits per heavy atom. The lowest BCUT2D eigenvalue weighted by molar-refractivity contribution is -0.384. The van der Waals surface area contributed by atoms with E-state index in [1.54, 1.807) is 63.2 Å². The minimum absolute atomic E-state index is 0.00589. The third-order valence-corrected chi connectivity index (χ3v) is 7.80. The van der Waals surface area contributed by atoms with Crippen LogP contribution in [0.2, 0.25) is 0 Å². The van der Waals surface area contributed by atoms with Gasteiger partial charge in [-0.2, -0.15) is 0 Å². The molecule has 0 spiro atoms. The maximum Gasteiger partial charge on any atom is 0.338 e. The molecule has 12 heteroatoms. The monoisotopic (exact) mass is 573 g/mol. The highest BCUT2D eigenvalue weighted by Crippen LogP contribution is 2.38. The van der Waals surface area contributed by atoms with Gasteiger partial charge in [0.05, 0.1) is 33.4 Å². The Labute approximate surface area is 236 Å². The maximum atomic E-state index is 13.8. The van der Waals surface area contributed by atoms with Crippen LogP contribution in [0.1, 0.15) is 36.8 Å². The minimum Gasteiger partial charge on any atom is -0.463 e. The molecule has 0 saturated carbocycles. The molecule has 4 heterocycles. The summed E-state index contributed by atoms with van der Waals surface area (Å²) in [5, 5.41) is 11.1. The van der Waals surface area contributed by atoms with E-state index in [0.717, 1.165) is 0 Å². The van der Waals surface area contributed by atoms with Crippen LogP contribution in [0, 0.1) is 17.0 Å². The van der Waals surface area contributed by atoms with Gasteiger partial charge in [0, 0.05) is 23.8 Å². The standard InChI is InChI=1S/C29H23N3O8S/c1-4-37-28(34)25-16(3)30-29-31(26(25)17-5-9-22-23(12-17)39-14-38-22)27(33)24(41-29)13-19-7-10-21(40-19)20-8-6-18(32(35)36)11-15(20)2/h5-13,26H,4,14H2,1-3H3/b24-13-/t26-/m1/s1. The van der Waals surface area contributed by atoms with E-state index in [1.165, 1.54) is 28.0 Å². The number of nitro benzene ring substituents is 1. The summed E-state index contributed by atoms with van der Waals surface area (Å²) in [6.45, 7) is 5.46. The van der Waals surface area contributed by atoms with Crippen molar-refractivity contribution in [3.8, 4) is 22.8 Å². The molecule has 2 aromatic heterocycles. The SMILES string of the molecule is CCOC(=O)C1=C(C)N=c2s/c(=C\c3ccc(-c4ccc([N+](=O)[O-])cc4C)o3)c(=O)n2[C@@H]1c1ccc2c(c1)OCO2. The predicted molar refractivity (Wildman–Crippen MR) is 148 cm³/mol. The number of nitrogens with zero attached hydrogens (tertiary/aromatic N) is 3. The number of esters is 1. The fourth-order valence-electron chi connectivity index (χ4n) is 4.93. The first-order valence-electron chi connectivity index (χ1n) is 12.7. The van der Waals surface area contributed by atoms with Crippen molar-refractivity contribution in [1.29, 1.82) is 0 Å². The highest BCUT2D eigenvalue weighted by Gasteiger charge is 2.34. The van der Waals surface area contributed by atoms with Gasteiger partial charge in [0.25, 0.3) is 11.2 Å². The molecule has 41 heavy (non-hydrogen) atoms. The summed E-state index contributed by atoms with van der Waals surface area (Å²) in [5.74, 6) is 1.47. The highest BCUT2D eigenvalue weighted by molar-refractivity contribution is 7.07. The van der Waals surface area contributed by atoms with Gasteiger partial charge >= 0.3 is 5.97 Å². The van der Waals surface area contributed by atoms with Crippen LogP contribution in [-0.2, 0) is 9.53 Å². The van der Waals surface area contributed by atoms with E-state index in [-0.39, 0.29) is 30.2 Å². The molecule has 11 nitrogen and oxygen atoms in total. The van der Waals surface area contributed by atoms with Crippen molar-refractivity contribution < 1.29 is 28.3 Å². The van der Waals surface area contributed by atoms with Crippen molar-refractivity contribution in [1.82, 2.24) is 4.57 Å². The number of carbonyl (C=O) groups excluding carboxylic acids is 1. The number of furan rings is 1. The van der Waals surface area contributed by atoms with Gasteiger partial charge in [0.1, 0.15) is 11.5 Å². The first kappa shape index (κ1) is 26.3. The van der Waals surface area contributed by atoms with E-state index in [4.69, 9.17) is 18.6 Å². The number of benzene rings is 2. The molecule has 1 atom stereocenters. The fraction of sp³-hybridized carbons (Fsp3) is 0.207. The molecule has 0 radical (unpaired) electrons. The number of thiazole rings is 1. The van der Waals surface area contributed by atoms with Crippen molar-refractivity contribution in [3.05, 3.63) is 106 Å². The molecular formula is C29H23N3O8S. The van der Waals surface area contributed by atoms with Gasteiger partial charge < -0.3 is 18.6 Å². The average Bonchev–Trinajstić information content (AvgIpc) is 3.67. The molecule has 0 fully saturated rings. The lowest BCUT2D eigenvalue weighted by Crippen LogP contribution is -2.39. The van der Waals surface area contributed by atoms with E-state index in [0.29, 0.717) is 54.7 Å². The van der Waals surface area contributed by atoms with E-state index in [1.807, 2.05) is 0 Å². The van der Waals surface area contributed by atoms with Crippen LogP contribution in [0.3, 0.4) is 0 Å². The topological polar surface area (TPSA) is 135 Å². The van der Waals surface area contributed by atoms with Gasteiger partial charge in [0.15, 0.2) is 16.3 Å². The number of aromatic nitrogens is 1. The van der Waals surface area contributed by atoms with Crippen molar-refractivity contribution in [2.75, 3.05) is 13.4 Å². The second-order valence-electron chi connectivity index (χ2n) is 9.37. The van der Waals surface area contributed by atoms with Crippen LogP contribution in [0.15, 0.2) is 74.0 Å². The van der Waals surface area contributed by atoms with Crippen LogP contribution in [0.25, 0.3) is 17.4 Å². The summed E-state index contributed by atoms with van der Waals surface area (Å²) in [5.41, 5.74) is 2.39. The van der Waals surface area contributed by atoms with Crippen LogP contribution in [0.4, 0.5) is 5.69 Å². The van der Waals surface area contributed by atoms with Crippen LogP contribution in [0.5, 0.6) is 11.5 Å². The number of allylic oxidation sites excluding steroid dienone is 1. The quantitative estimate of drug-likeness (QED) is 0.192. The maximum absolute atomic E-state index is 13.8. The van der Waals surface area contributed by atoms with Gasteiger partial charge in [-0.3, -0.25) is 19.5 Å². The smallest absolute Gasteiger partial charge is 0.338 e. The third kappa shape index (κ3) is 4.61. The zero-order valence-electron chi connectivity index (χ0n) is 22.2. The molecule has 0 unspecified atom stereocenters. The normalized spacial score (nSPS) is 16.0. The Hall–Kier alpha value is -4.97. The third-order valence-electron chi connectivity index (χ3n) is 6.82. The van der Waals surface area contributed by atoms with E-state index in [2.05, 4.69) is 4.99 Å². The Bertz CT molecular complexity index is 1950. The van der Waals surface area contributed by atoms with E-state index < -0.39 is 16.9 Å². The number of rotatable bonds is 6. The number of hydrogen-bond acceptors (Lipinski definition) is 10. The van der Waals surface area contributed by atoms with Crippen LogP contribution < -0.4 is 24.4 Å². The molecule has 0 saturated heterocycles. The van der Waals surface area contributed by atoms with Gasteiger partial charge in [-0.1, -0.05) is 17.4 Å². The average molecular weight is 574 g/mol. The molecule has 0 amide bonds. The Kier molecular flexibility index (Phi) is 6.54. The number of aryl methyl sites for hydroxylation is 1. The fourth-order valence-corrected chi connectivity index (χ4v) is 5.96. The zero-order valence-corrected chi connectivity index (χ0v) is 23.0. The Morgan fingerprint density at radius 2 is 1.98 bits per heavy atom. The van der Waals surface area contributed by atoms with Gasteiger partial charge in [-0.05, 0) is 62.2 Å². The number of fused-ring (bicyclic) bond motifs is 2. The summed E-state index contributed by atoms with van der Waals surface area (Å²) in [6, 6.07) is 12.5. The van der Waals surface area contributed by atoms with Crippen LogP contribution in [-0.4, -0.2) is 28.9 Å². The predicted octanol–water partition coefficient (Wildman–Crippen LogP) is 4.00. The second-order valence-corrected chi connectivity index (χ2v) is 10.4. The van der Waals surface area contributed by atoms with Gasteiger partial charge in [0.2, 0.25) is 6.79 Å². The Balaban J connectivity index is 1.45. The number of hydrogen-bond donors (Lipinski definition) is 0.